The number of nitrogens with zero attached hydrogens (tertiary/aromatic N) is 1. The minimum Gasteiger partial charge on any atom is -0.382 e. The predicted molar refractivity (Wildman–Crippen MR) is 53.8 cm³/mol. The van der Waals surface area contributed by atoms with Gasteiger partial charge in [-0.15, -0.1) is 0 Å². The Morgan fingerprint density at radius 3 is 2.86 bits per heavy atom. The van der Waals surface area contributed by atoms with E-state index in [0.717, 1.165) is 0 Å². The van der Waals surface area contributed by atoms with E-state index >= 15 is 0 Å². The van der Waals surface area contributed by atoms with Crippen molar-refractivity contribution >= 4 is 5.69 Å². The van der Waals surface area contributed by atoms with Crippen LogP contribution < -0.4 is 5.32 Å². The van der Waals surface area contributed by atoms with Crippen LogP contribution in [0.2, 0.25) is 0 Å². The summed E-state index contributed by atoms with van der Waals surface area (Å²) in [6, 6.07) is 3.07. The molecule has 1 aromatic heterocycles. The first-order valence-electron chi connectivity index (χ1n) is 4.44. The smallest absolute Gasteiger partial charge is 0.214 e. The van der Waals surface area contributed by atoms with Gasteiger partial charge in [-0.25, -0.2) is 4.98 Å². The lowest BCUT2D eigenvalue weighted by Gasteiger charge is -2.23. The van der Waals surface area contributed by atoms with E-state index in [1.807, 2.05) is 13.8 Å². The maximum Gasteiger partial charge on any atom is 0.214 e. The molecule has 0 aromatic carbocycles. The van der Waals surface area contributed by atoms with Gasteiger partial charge in [-0.2, -0.15) is 4.39 Å². The van der Waals surface area contributed by atoms with Crippen LogP contribution in [-0.4, -0.2) is 24.2 Å². The summed E-state index contributed by atoms with van der Waals surface area (Å²) < 4.78 is 17.9. The molecule has 0 fully saturated rings. The van der Waals surface area contributed by atoms with Crippen molar-refractivity contribution < 1.29 is 9.13 Å². The highest BCUT2D eigenvalue weighted by atomic mass is 19.1. The van der Waals surface area contributed by atoms with E-state index in [-0.39, 0.29) is 5.60 Å². The zero-order valence-electron chi connectivity index (χ0n) is 8.67. The largest absolute Gasteiger partial charge is 0.382 e. The average molecular weight is 198 g/mol. The van der Waals surface area contributed by atoms with E-state index in [4.69, 9.17) is 4.74 Å². The van der Waals surface area contributed by atoms with Gasteiger partial charge in [0.25, 0.3) is 0 Å². The van der Waals surface area contributed by atoms with Gasteiger partial charge in [0.2, 0.25) is 5.95 Å². The monoisotopic (exact) mass is 198 g/mol. The van der Waals surface area contributed by atoms with Gasteiger partial charge in [-0.3, -0.25) is 0 Å². The summed E-state index contributed by atoms with van der Waals surface area (Å²) in [5, 5.41) is 3.07. The molecule has 0 aliphatic rings. The zero-order valence-corrected chi connectivity index (χ0v) is 8.67. The third-order valence-corrected chi connectivity index (χ3v) is 2.00. The number of rotatable bonds is 4. The Balaban J connectivity index is 2.54. The number of methoxy groups -OCH3 is 1. The number of hydrogen-bond donors (Lipinski definition) is 1. The zero-order chi connectivity index (χ0) is 10.6. The number of pyridine rings is 1. The van der Waals surface area contributed by atoms with Gasteiger partial charge in [0.1, 0.15) is 0 Å². The first kappa shape index (κ1) is 10.9. The molecule has 0 atom stereocenters. The number of ether oxygens (including phenoxy) is 1. The van der Waals surface area contributed by atoms with Gasteiger partial charge >= 0.3 is 0 Å². The first-order chi connectivity index (χ1) is 6.53. The van der Waals surface area contributed by atoms with Crippen molar-refractivity contribution in [2.75, 3.05) is 19.0 Å². The minimum atomic E-state index is -0.481. The summed E-state index contributed by atoms with van der Waals surface area (Å²) in [6.45, 7) is 4.53. The lowest BCUT2D eigenvalue weighted by molar-refractivity contribution is 0.0344. The molecule has 0 radical (unpaired) electrons. The fourth-order valence-electron chi connectivity index (χ4n) is 0.900. The van der Waals surface area contributed by atoms with Crippen LogP contribution in [0.5, 0.6) is 0 Å². The number of aromatic nitrogens is 1. The fraction of sp³-hybridized carbons (Fsp3) is 0.500. The van der Waals surface area contributed by atoms with Crippen molar-refractivity contribution in [3.63, 3.8) is 0 Å². The highest BCUT2D eigenvalue weighted by Crippen LogP contribution is 2.11. The van der Waals surface area contributed by atoms with Crippen LogP contribution in [0.1, 0.15) is 13.8 Å². The van der Waals surface area contributed by atoms with Crippen LogP contribution in [0.4, 0.5) is 10.1 Å². The third kappa shape index (κ3) is 3.30. The molecule has 1 N–H and O–H groups in total. The molecule has 0 spiro atoms. The first-order valence-corrected chi connectivity index (χ1v) is 4.44. The van der Waals surface area contributed by atoms with Crippen LogP contribution in [0.3, 0.4) is 0 Å². The lowest BCUT2D eigenvalue weighted by Crippen LogP contribution is -2.32. The Labute approximate surface area is 83.3 Å². The van der Waals surface area contributed by atoms with E-state index in [0.29, 0.717) is 12.2 Å². The Kier molecular flexibility index (Phi) is 3.41. The van der Waals surface area contributed by atoms with Gasteiger partial charge in [0.15, 0.2) is 0 Å². The van der Waals surface area contributed by atoms with E-state index in [2.05, 4.69) is 10.3 Å². The fourth-order valence-corrected chi connectivity index (χ4v) is 0.900. The molecule has 0 aliphatic carbocycles. The van der Waals surface area contributed by atoms with E-state index in [9.17, 15) is 4.39 Å². The normalized spacial score (nSPS) is 11.4. The predicted octanol–water partition coefficient (Wildman–Crippen LogP) is 2.06. The van der Waals surface area contributed by atoms with Crippen molar-refractivity contribution in [3.05, 3.63) is 24.3 Å². The summed E-state index contributed by atoms with van der Waals surface area (Å²) in [6.07, 6.45) is 1.43. The van der Waals surface area contributed by atoms with Gasteiger partial charge < -0.3 is 10.1 Å². The molecule has 14 heavy (non-hydrogen) atoms. The van der Waals surface area contributed by atoms with E-state index in [1.165, 1.54) is 12.3 Å². The Bertz CT molecular complexity index is 302. The van der Waals surface area contributed by atoms with Crippen molar-refractivity contribution in [1.29, 1.82) is 0 Å². The van der Waals surface area contributed by atoms with E-state index in [1.54, 1.807) is 13.2 Å². The number of hydrogen-bond acceptors (Lipinski definition) is 3. The van der Waals surface area contributed by atoms with Crippen molar-refractivity contribution in [3.8, 4) is 0 Å². The Morgan fingerprint density at radius 1 is 1.57 bits per heavy atom. The van der Waals surface area contributed by atoms with Crippen molar-refractivity contribution in [1.82, 2.24) is 4.98 Å². The summed E-state index contributed by atoms with van der Waals surface area (Å²) in [5.74, 6) is -0.481. The second-order valence-corrected chi connectivity index (χ2v) is 3.68. The minimum absolute atomic E-state index is 0.264. The molecular formula is C10H15FN2O. The lowest BCUT2D eigenvalue weighted by atomic mass is 10.1. The summed E-state index contributed by atoms with van der Waals surface area (Å²) in [7, 11) is 1.65. The molecule has 1 aromatic rings. The van der Waals surface area contributed by atoms with Crippen LogP contribution in [-0.2, 0) is 4.74 Å². The Morgan fingerprint density at radius 2 is 2.29 bits per heavy atom. The summed E-state index contributed by atoms with van der Waals surface area (Å²) in [4.78, 5) is 3.47. The molecular weight excluding hydrogens is 183 g/mol. The second-order valence-electron chi connectivity index (χ2n) is 3.68. The third-order valence-electron chi connectivity index (χ3n) is 2.00. The molecule has 3 nitrogen and oxygen atoms in total. The molecule has 0 saturated heterocycles. The summed E-state index contributed by atoms with van der Waals surface area (Å²) >= 11 is 0. The highest BCUT2D eigenvalue weighted by molar-refractivity contribution is 5.41. The van der Waals surface area contributed by atoms with Crippen LogP contribution in [0.15, 0.2) is 18.3 Å². The molecule has 0 amide bonds. The number of nitrogens with one attached hydrogen (secondary N) is 1. The van der Waals surface area contributed by atoms with Crippen LogP contribution in [0.25, 0.3) is 0 Å². The molecule has 0 unspecified atom stereocenters. The van der Waals surface area contributed by atoms with Gasteiger partial charge in [-0.1, -0.05) is 0 Å². The summed E-state index contributed by atoms with van der Waals surface area (Å²) in [5.41, 5.74) is 0.447. The van der Waals surface area contributed by atoms with Crippen LogP contribution >= 0.6 is 0 Å². The average Bonchev–Trinajstić information content (AvgIpc) is 2.15. The number of halogens is 1. The molecule has 1 heterocycles. The maximum atomic E-state index is 12.7. The quantitative estimate of drug-likeness (QED) is 0.752. The molecule has 0 bridgehead atoms. The standard InChI is InChI=1S/C10H15FN2O/c1-10(2,14-3)7-13-8-4-5-12-9(11)6-8/h4-6H,7H2,1-3H3,(H,12,13). The van der Waals surface area contributed by atoms with Gasteiger partial charge in [-0.05, 0) is 19.9 Å². The molecule has 1 rings (SSSR count). The van der Waals surface area contributed by atoms with Crippen molar-refractivity contribution in [2.45, 2.75) is 19.4 Å². The topological polar surface area (TPSA) is 34.1 Å². The van der Waals surface area contributed by atoms with Gasteiger partial charge in [0, 0.05) is 31.6 Å². The highest BCUT2D eigenvalue weighted by Gasteiger charge is 2.15. The second kappa shape index (κ2) is 4.37. The molecule has 0 saturated carbocycles. The Hall–Kier alpha value is -1.16. The molecule has 0 aliphatic heterocycles. The van der Waals surface area contributed by atoms with E-state index < -0.39 is 5.95 Å². The maximum absolute atomic E-state index is 12.7. The SMILES string of the molecule is COC(C)(C)CNc1ccnc(F)c1. The van der Waals surface area contributed by atoms with Crippen molar-refractivity contribution in [2.24, 2.45) is 0 Å². The molecule has 4 heteroatoms. The van der Waals surface area contributed by atoms with Crippen LogP contribution in [0, 0.1) is 5.95 Å². The van der Waals surface area contributed by atoms with Gasteiger partial charge in [0.05, 0.1) is 5.60 Å². The molecule has 78 valence electrons. The number of anilines is 1.